The van der Waals surface area contributed by atoms with E-state index >= 15 is 0 Å². The second kappa shape index (κ2) is 8.62. The van der Waals surface area contributed by atoms with Gasteiger partial charge >= 0.3 is 0 Å². The van der Waals surface area contributed by atoms with Crippen LogP contribution in [0.3, 0.4) is 0 Å². The Bertz CT molecular complexity index is 1290. The Hall–Kier alpha value is -3.80. The van der Waals surface area contributed by atoms with Crippen LogP contribution in [-0.2, 0) is 24.3 Å². The first-order valence-electron chi connectivity index (χ1n) is 11.3. The Morgan fingerprint density at radius 3 is 2.48 bits per heavy atom. The molecule has 0 N–H and O–H groups in total. The standard InChI is InChI=1S/C27H28N4O2/c1-4-33-22-10-8-21(9-11-22)16-26(32)30-17-23-24(18-30)28-31(27(23)29-13-5-6-14-29)25-12-7-19(2)15-20(25)3/h5-15H,4,16-18H2,1-3H3. The lowest BCUT2D eigenvalue weighted by Gasteiger charge is -2.18. The van der Waals surface area contributed by atoms with E-state index in [1.807, 2.05) is 65.3 Å². The second-order valence-electron chi connectivity index (χ2n) is 8.54. The van der Waals surface area contributed by atoms with E-state index in [9.17, 15) is 4.79 Å². The molecule has 0 aliphatic carbocycles. The first-order valence-corrected chi connectivity index (χ1v) is 11.3. The van der Waals surface area contributed by atoms with Crippen LogP contribution in [0.15, 0.2) is 67.0 Å². The van der Waals surface area contributed by atoms with Gasteiger partial charge in [0.2, 0.25) is 5.91 Å². The molecule has 168 valence electrons. The summed E-state index contributed by atoms with van der Waals surface area (Å²) in [6, 6.07) is 18.2. The topological polar surface area (TPSA) is 52.3 Å². The van der Waals surface area contributed by atoms with Gasteiger partial charge in [-0.25, -0.2) is 4.68 Å². The summed E-state index contributed by atoms with van der Waals surface area (Å²) in [6.07, 6.45) is 4.43. The summed E-state index contributed by atoms with van der Waals surface area (Å²) < 4.78 is 9.61. The summed E-state index contributed by atoms with van der Waals surface area (Å²) in [7, 11) is 0. The fourth-order valence-electron chi connectivity index (χ4n) is 4.49. The molecule has 0 saturated carbocycles. The first kappa shape index (κ1) is 21.1. The number of rotatable bonds is 6. The van der Waals surface area contributed by atoms with Crippen molar-refractivity contribution in [3.05, 3.63) is 94.9 Å². The van der Waals surface area contributed by atoms with Crippen molar-refractivity contribution in [2.75, 3.05) is 6.61 Å². The summed E-state index contributed by atoms with van der Waals surface area (Å²) >= 11 is 0. The second-order valence-corrected chi connectivity index (χ2v) is 8.54. The number of fused-ring (bicyclic) bond motifs is 1. The lowest BCUT2D eigenvalue weighted by atomic mass is 10.1. The minimum absolute atomic E-state index is 0.105. The van der Waals surface area contributed by atoms with E-state index in [0.29, 0.717) is 26.1 Å². The van der Waals surface area contributed by atoms with Gasteiger partial charge in [0.1, 0.15) is 11.6 Å². The summed E-state index contributed by atoms with van der Waals surface area (Å²) in [4.78, 5) is 15.0. The predicted octanol–water partition coefficient (Wildman–Crippen LogP) is 4.76. The van der Waals surface area contributed by atoms with Crippen molar-refractivity contribution in [1.29, 1.82) is 0 Å². The number of amides is 1. The number of aryl methyl sites for hydroxylation is 2. The molecule has 0 bridgehead atoms. The number of hydrogen-bond acceptors (Lipinski definition) is 3. The first-order chi connectivity index (χ1) is 16.0. The van der Waals surface area contributed by atoms with Gasteiger partial charge in [-0.05, 0) is 62.2 Å². The number of carbonyl (C=O) groups is 1. The zero-order chi connectivity index (χ0) is 22.9. The van der Waals surface area contributed by atoms with Gasteiger partial charge in [-0.2, -0.15) is 5.10 Å². The third kappa shape index (κ3) is 4.04. The van der Waals surface area contributed by atoms with E-state index in [1.54, 1.807) is 0 Å². The number of nitrogens with zero attached hydrogens (tertiary/aromatic N) is 4. The van der Waals surface area contributed by atoms with Crippen LogP contribution in [0.1, 0.15) is 34.9 Å². The van der Waals surface area contributed by atoms with Crippen molar-refractivity contribution >= 4 is 5.91 Å². The summed E-state index contributed by atoms with van der Waals surface area (Å²) in [5.41, 5.74) is 6.51. The lowest BCUT2D eigenvalue weighted by Crippen LogP contribution is -2.28. The maximum Gasteiger partial charge on any atom is 0.227 e. The number of hydrogen-bond donors (Lipinski definition) is 0. The van der Waals surface area contributed by atoms with E-state index < -0.39 is 0 Å². The van der Waals surface area contributed by atoms with Crippen LogP contribution in [-0.4, -0.2) is 31.8 Å². The molecular weight excluding hydrogens is 412 g/mol. The minimum Gasteiger partial charge on any atom is -0.494 e. The zero-order valence-electron chi connectivity index (χ0n) is 19.3. The molecule has 6 heteroatoms. The highest BCUT2D eigenvalue weighted by atomic mass is 16.5. The van der Waals surface area contributed by atoms with Gasteiger partial charge in [0.25, 0.3) is 0 Å². The zero-order valence-corrected chi connectivity index (χ0v) is 19.3. The van der Waals surface area contributed by atoms with Crippen molar-refractivity contribution in [3.8, 4) is 17.3 Å². The number of aromatic nitrogens is 3. The van der Waals surface area contributed by atoms with E-state index in [0.717, 1.165) is 34.1 Å². The van der Waals surface area contributed by atoms with E-state index in [2.05, 4.69) is 36.6 Å². The molecule has 33 heavy (non-hydrogen) atoms. The number of benzene rings is 2. The van der Waals surface area contributed by atoms with Crippen LogP contribution in [0.25, 0.3) is 11.5 Å². The smallest absolute Gasteiger partial charge is 0.227 e. The molecular formula is C27H28N4O2. The maximum atomic E-state index is 13.1. The summed E-state index contributed by atoms with van der Waals surface area (Å²) in [5, 5.41) is 4.96. The molecule has 0 spiro atoms. The van der Waals surface area contributed by atoms with E-state index in [4.69, 9.17) is 9.84 Å². The Labute approximate surface area is 194 Å². The molecule has 0 radical (unpaired) electrons. The number of ether oxygens (including phenoxy) is 1. The fourth-order valence-corrected chi connectivity index (χ4v) is 4.49. The van der Waals surface area contributed by atoms with Crippen LogP contribution in [0, 0.1) is 13.8 Å². The Morgan fingerprint density at radius 2 is 1.79 bits per heavy atom. The van der Waals surface area contributed by atoms with Crippen LogP contribution in [0.5, 0.6) is 5.75 Å². The van der Waals surface area contributed by atoms with E-state index in [1.165, 1.54) is 11.1 Å². The molecule has 5 rings (SSSR count). The molecule has 4 aromatic rings. The van der Waals surface area contributed by atoms with Gasteiger partial charge in [-0.15, -0.1) is 0 Å². The van der Waals surface area contributed by atoms with Crippen LogP contribution in [0.2, 0.25) is 0 Å². The molecule has 1 amide bonds. The lowest BCUT2D eigenvalue weighted by molar-refractivity contribution is -0.131. The van der Waals surface area contributed by atoms with Gasteiger partial charge in [0, 0.05) is 18.0 Å². The van der Waals surface area contributed by atoms with Crippen LogP contribution < -0.4 is 4.74 Å². The van der Waals surface area contributed by atoms with Gasteiger partial charge in [-0.1, -0.05) is 29.8 Å². The molecule has 3 heterocycles. The Morgan fingerprint density at radius 1 is 1.03 bits per heavy atom. The fraction of sp³-hybridized carbons (Fsp3) is 0.259. The molecule has 0 saturated heterocycles. The average molecular weight is 441 g/mol. The molecule has 1 aliphatic rings. The SMILES string of the molecule is CCOc1ccc(CC(=O)N2Cc3nn(-c4ccc(C)cc4C)c(-n4cccc4)c3C2)cc1. The van der Waals surface area contributed by atoms with Crippen molar-refractivity contribution in [2.24, 2.45) is 0 Å². The summed E-state index contributed by atoms with van der Waals surface area (Å²) in [5.74, 6) is 1.93. The van der Waals surface area contributed by atoms with Crippen molar-refractivity contribution < 1.29 is 9.53 Å². The Balaban J connectivity index is 1.42. The normalized spacial score (nSPS) is 12.8. The molecule has 2 aromatic heterocycles. The van der Waals surface area contributed by atoms with Gasteiger partial charge in [0.05, 0.1) is 37.5 Å². The van der Waals surface area contributed by atoms with Crippen LogP contribution >= 0.6 is 0 Å². The largest absolute Gasteiger partial charge is 0.494 e. The monoisotopic (exact) mass is 440 g/mol. The van der Waals surface area contributed by atoms with Crippen molar-refractivity contribution in [2.45, 2.75) is 40.3 Å². The van der Waals surface area contributed by atoms with Crippen LogP contribution in [0.4, 0.5) is 0 Å². The Kier molecular flexibility index (Phi) is 5.50. The van der Waals surface area contributed by atoms with Crippen molar-refractivity contribution in [3.63, 3.8) is 0 Å². The maximum absolute atomic E-state index is 13.1. The third-order valence-electron chi connectivity index (χ3n) is 6.10. The molecule has 2 aromatic carbocycles. The van der Waals surface area contributed by atoms with Gasteiger partial charge in [-0.3, -0.25) is 4.79 Å². The molecule has 0 atom stereocenters. The highest BCUT2D eigenvalue weighted by Gasteiger charge is 2.31. The third-order valence-corrected chi connectivity index (χ3v) is 6.10. The quantitative estimate of drug-likeness (QED) is 0.434. The predicted molar refractivity (Wildman–Crippen MR) is 128 cm³/mol. The average Bonchev–Trinajstić information content (AvgIpc) is 3.51. The number of carbonyl (C=O) groups excluding carboxylic acids is 1. The van der Waals surface area contributed by atoms with Gasteiger partial charge < -0.3 is 14.2 Å². The molecule has 0 unspecified atom stereocenters. The minimum atomic E-state index is 0.105. The molecule has 1 aliphatic heterocycles. The summed E-state index contributed by atoms with van der Waals surface area (Å²) in [6.45, 7) is 7.89. The van der Waals surface area contributed by atoms with Crippen molar-refractivity contribution in [1.82, 2.24) is 19.2 Å². The highest BCUT2D eigenvalue weighted by Crippen LogP contribution is 2.32. The molecule has 6 nitrogen and oxygen atoms in total. The molecule has 0 fully saturated rings. The van der Waals surface area contributed by atoms with Gasteiger partial charge in [0.15, 0.2) is 0 Å². The van der Waals surface area contributed by atoms with E-state index in [-0.39, 0.29) is 5.91 Å². The highest BCUT2D eigenvalue weighted by molar-refractivity contribution is 5.79.